The summed E-state index contributed by atoms with van der Waals surface area (Å²) in [5, 5.41) is 22.9. The van der Waals surface area contributed by atoms with Crippen molar-refractivity contribution in [3.63, 3.8) is 0 Å². The van der Waals surface area contributed by atoms with Crippen LogP contribution in [0.15, 0.2) is 34.3 Å². The number of rotatable bonds is 2. The lowest BCUT2D eigenvalue weighted by Crippen LogP contribution is -2.35. The van der Waals surface area contributed by atoms with E-state index in [4.69, 9.17) is 9.98 Å². The highest BCUT2D eigenvalue weighted by atomic mass is 16.3. The molecule has 0 radical (unpaired) electrons. The Morgan fingerprint density at radius 2 is 1.05 bits per heavy atom. The highest BCUT2D eigenvalue weighted by Crippen LogP contribution is 2.34. The molecule has 6 nitrogen and oxygen atoms in total. The lowest BCUT2D eigenvalue weighted by Gasteiger charge is -2.29. The summed E-state index contributed by atoms with van der Waals surface area (Å²) in [4.78, 5) is 14.9. The molecule has 42 heavy (non-hydrogen) atoms. The number of hydrogen-bond acceptors (Lipinski definition) is 6. The zero-order chi connectivity index (χ0) is 30.7. The molecule has 2 unspecified atom stereocenters. The van der Waals surface area contributed by atoms with Gasteiger partial charge in [0, 0.05) is 60.9 Å². The number of phenolic OH excluding ortho intramolecular Hbond substituents is 2. The van der Waals surface area contributed by atoms with Crippen LogP contribution < -0.4 is 0 Å². The molecular formula is C36H54N4O2. The molecule has 0 saturated heterocycles. The monoisotopic (exact) mass is 574 g/mol. The first-order valence-electron chi connectivity index (χ1n) is 16.0. The molecule has 1 fully saturated rings. The minimum atomic E-state index is -0.0452. The Kier molecular flexibility index (Phi) is 10.2. The fourth-order valence-electron chi connectivity index (χ4n) is 6.00. The molecule has 2 N–H and O–H groups in total. The van der Waals surface area contributed by atoms with Crippen molar-refractivity contribution >= 4 is 12.4 Å². The van der Waals surface area contributed by atoms with Crippen molar-refractivity contribution in [2.24, 2.45) is 9.98 Å². The van der Waals surface area contributed by atoms with Gasteiger partial charge >= 0.3 is 0 Å². The van der Waals surface area contributed by atoms with Gasteiger partial charge in [0.25, 0.3) is 0 Å². The Hall–Kier alpha value is -2.70. The molecule has 6 heteroatoms. The Morgan fingerprint density at radius 1 is 0.667 bits per heavy atom. The van der Waals surface area contributed by atoms with Gasteiger partial charge in [-0.15, -0.1) is 0 Å². The topological polar surface area (TPSA) is 71.7 Å². The van der Waals surface area contributed by atoms with Crippen LogP contribution in [0.3, 0.4) is 0 Å². The zero-order valence-electron chi connectivity index (χ0n) is 27.4. The lowest BCUT2D eigenvalue weighted by molar-refractivity contribution is 0.202. The molecule has 1 aliphatic carbocycles. The van der Waals surface area contributed by atoms with E-state index in [1.165, 1.54) is 11.1 Å². The van der Waals surface area contributed by atoms with Crippen LogP contribution in [0.4, 0.5) is 0 Å². The zero-order valence-corrected chi connectivity index (χ0v) is 27.4. The fraction of sp³-hybridized carbons (Fsp3) is 0.611. The standard InChI is InChI=1S/C36H54N4O2/c1-9-39-15-16-40(10-2)24-28-20-30(36(6,7)8)18-26(34(28)42)22-38-32-14-12-11-13-31(32)37-21-25-17-29(35(3,4)5)19-27(23-39)33(25)41/h17-22,31-32,41-42H,9-16,23-24H2,1-8H3/b37-21+,38-22+. The average molecular weight is 575 g/mol. The largest absolute Gasteiger partial charge is 0.507 e. The van der Waals surface area contributed by atoms with E-state index in [0.29, 0.717) is 24.6 Å². The van der Waals surface area contributed by atoms with Gasteiger partial charge in [0.1, 0.15) is 11.5 Å². The maximum atomic E-state index is 11.5. The van der Waals surface area contributed by atoms with Crippen LogP contribution in [-0.4, -0.2) is 70.7 Å². The second-order valence-electron chi connectivity index (χ2n) is 14.4. The first-order chi connectivity index (χ1) is 19.8. The van der Waals surface area contributed by atoms with Gasteiger partial charge in [-0.1, -0.05) is 80.4 Å². The maximum absolute atomic E-state index is 11.5. The third-order valence-electron chi connectivity index (χ3n) is 9.09. The minimum Gasteiger partial charge on any atom is -0.507 e. The fourth-order valence-corrected chi connectivity index (χ4v) is 6.00. The molecule has 4 rings (SSSR count). The number of likely N-dealkylation sites (N-methyl/N-ethyl adjacent to an activating group) is 2. The van der Waals surface area contributed by atoms with Gasteiger partial charge in [0.15, 0.2) is 0 Å². The van der Waals surface area contributed by atoms with Gasteiger partial charge < -0.3 is 10.2 Å². The molecule has 0 amide bonds. The van der Waals surface area contributed by atoms with Crippen molar-refractivity contribution in [3.8, 4) is 11.5 Å². The van der Waals surface area contributed by atoms with Crippen molar-refractivity contribution < 1.29 is 10.2 Å². The molecule has 2 aliphatic rings. The van der Waals surface area contributed by atoms with Crippen LogP contribution in [0.5, 0.6) is 11.5 Å². The van der Waals surface area contributed by atoms with E-state index in [1.54, 1.807) is 0 Å². The summed E-state index contributed by atoms with van der Waals surface area (Å²) in [5.41, 5.74) is 5.81. The second kappa shape index (κ2) is 13.3. The smallest absolute Gasteiger partial charge is 0.128 e. The SMILES string of the molecule is CCN1CCN(CC)Cc2cc(C(C)(C)C)cc(c2O)/C=N/C2CCCCC2/N=C/c2cc(C(C)(C)C)cc(c2O)C1. The van der Waals surface area contributed by atoms with E-state index >= 15 is 0 Å². The summed E-state index contributed by atoms with van der Waals surface area (Å²) >= 11 is 0. The van der Waals surface area contributed by atoms with Crippen LogP contribution >= 0.6 is 0 Å². The Labute approximate surface area is 254 Å². The quantitative estimate of drug-likeness (QED) is 0.398. The van der Waals surface area contributed by atoms with E-state index in [2.05, 4.69) is 89.5 Å². The maximum Gasteiger partial charge on any atom is 0.128 e. The van der Waals surface area contributed by atoms with Crippen LogP contribution in [0, 0.1) is 0 Å². The first kappa shape index (κ1) is 32.2. The molecular weight excluding hydrogens is 520 g/mol. The van der Waals surface area contributed by atoms with Gasteiger partial charge in [-0.05, 0) is 60.0 Å². The van der Waals surface area contributed by atoms with Gasteiger partial charge in [0.05, 0.1) is 12.1 Å². The molecule has 1 heterocycles. The molecule has 1 aliphatic heterocycles. The summed E-state index contributed by atoms with van der Waals surface area (Å²) in [7, 11) is 0. The molecule has 2 aromatic rings. The van der Waals surface area contributed by atoms with Gasteiger partial charge in [-0.3, -0.25) is 19.8 Å². The third-order valence-corrected chi connectivity index (χ3v) is 9.09. The number of aromatic hydroxyl groups is 2. The number of fused-ring (bicyclic) bond motifs is 5. The summed E-state index contributed by atoms with van der Waals surface area (Å²) in [6.45, 7) is 22.6. The average Bonchev–Trinajstić information content (AvgIpc) is 2.93. The third kappa shape index (κ3) is 7.82. The van der Waals surface area contributed by atoms with E-state index in [-0.39, 0.29) is 22.9 Å². The predicted octanol–water partition coefficient (Wildman–Crippen LogP) is 7.20. The van der Waals surface area contributed by atoms with E-state index in [9.17, 15) is 10.2 Å². The van der Waals surface area contributed by atoms with E-state index in [1.807, 2.05) is 12.4 Å². The first-order valence-corrected chi connectivity index (χ1v) is 16.0. The minimum absolute atomic E-state index is 0.0452. The summed E-state index contributed by atoms with van der Waals surface area (Å²) < 4.78 is 0. The van der Waals surface area contributed by atoms with Gasteiger partial charge in [-0.25, -0.2) is 0 Å². The van der Waals surface area contributed by atoms with Gasteiger partial charge in [0.2, 0.25) is 0 Å². The van der Waals surface area contributed by atoms with Crippen LogP contribution in [-0.2, 0) is 23.9 Å². The Balaban J connectivity index is 1.83. The Morgan fingerprint density at radius 3 is 1.38 bits per heavy atom. The van der Waals surface area contributed by atoms with Crippen molar-refractivity contribution in [3.05, 3.63) is 57.6 Å². The van der Waals surface area contributed by atoms with E-state index in [0.717, 1.165) is 74.1 Å². The Bertz CT molecular complexity index is 1190. The summed E-state index contributed by atoms with van der Waals surface area (Å²) in [5.74, 6) is 0.674. The summed E-state index contributed by atoms with van der Waals surface area (Å²) in [6.07, 6.45) is 7.97. The summed E-state index contributed by atoms with van der Waals surface area (Å²) in [6, 6.07) is 8.66. The number of aliphatic imine (C=N–C) groups is 2. The van der Waals surface area contributed by atoms with Gasteiger partial charge in [-0.2, -0.15) is 0 Å². The molecule has 1 saturated carbocycles. The lowest BCUT2D eigenvalue weighted by atomic mass is 9.84. The number of nitrogens with zero attached hydrogens (tertiary/aromatic N) is 4. The predicted molar refractivity (Wildman–Crippen MR) is 177 cm³/mol. The molecule has 4 bridgehead atoms. The van der Waals surface area contributed by atoms with Crippen LogP contribution in [0.2, 0.25) is 0 Å². The normalized spacial score (nSPS) is 23.0. The highest BCUT2D eigenvalue weighted by Gasteiger charge is 2.26. The van der Waals surface area contributed by atoms with Crippen LogP contribution in [0.25, 0.3) is 0 Å². The molecule has 0 aromatic heterocycles. The number of phenols is 2. The van der Waals surface area contributed by atoms with Crippen molar-refractivity contribution in [2.45, 2.75) is 117 Å². The van der Waals surface area contributed by atoms with Crippen molar-refractivity contribution in [1.29, 1.82) is 0 Å². The van der Waals surface area contributed by atoms with Crippen molar-refractivity contribution in [2.75, 3.05) is 26.2 Å². The molecule has 230 valence electrons. The highest BCUT2D eigenvalue weighted by molar-refractivity contribution is 5.86. The van der Waals surface area contributed by atoms with Crippen molar-refractivity contribution in [1.82, 2.24) is 9.80 Å². The molecule has 2 aromatic carbocycles. The van der Waals surface area contributed by atoms with Crippen LogP contribution in [0.1, 0.15) is 114 Å². The molecule has 0 spiro atoms. The second-order valence-corrected chi connectivity index (χ2v) is 14.4. The number of hydrogen-bond donors (Lipinski definition) is 2. The number of benzene rings is 2. The van der Waals surface area contributed by atoms with E-state index < -0.39 is 0 Å². The molecule has 2 atom stereocenters.